The summed E-state index contributed by atoms with van der Waals surface area (Å²) >= 11 is 7.30. The van der Waals surface area contributed by atoms with Crippen LogP contribution in [0.1, 0.15) is 12.5 Å². The van der Waals surface area contributed by atoms with E-state index in [0.717, 1.165) is 11.3 Å². The lowest BCUT2D eigenvalue weighted by Gasteiger charge is -2.15. The Morgan fingerprint density at radius 3 is 2.50 bits per heavy atom. The maximum absolute atomic E-state index is 11.3. The number of carbonyl (C=O) groups is 1. The number of benzene rings is 1. The Kier molecular flexibility index (Phi) is 5.71. The molecule has 1 aromatic rings. The van der Waals surface area contributed by atoms with E-state index in [-0.39, 0.29) is 11.8 Å². The lowest BCUT2D eigenvalue weighted by atomic mass is 10.2. The Hall–Kier alpha value is -0.670. The van der Waals surface area contributed by atoms with E-state index in [0.29, 0.717) is 6.54 Å². The molecule has 4 heteroatoms. The molecule has 0 fully saturated rings. The first-order valence-corrected chi connectivity index (χ1v) is 6.71. The van der Waals surface area contributed by atoms with Crippen molar-refractivity contribution in [2.24, 2.45) is 0 Å². The summed E-state index contributed by atoms with van der Waals surface area (Å²) in [7, 11) is 1.76. The SMILES string of the molecule is CCSc1ccc(CN(C)C(=O)CCl)cc1. The third-order valence-corrected chi connectivity index (χ3v) is 3.32. The molecule has 0 unspecified atom stereocenters. The van der Waals surface area contributed by atoms with Crippen LogP contribution in [0, 0.1) is 0 Å². The molecule has 0 saturated heterocycles. The summed E-state index contributed by atoms with van der Waals surface area (Å²) in [5.41, 5.74) is 1.13. The minimum absolute atomic E-state index is 0.0419. The highest BCUT2D eigenvalue weighted by molar-refractivity contribution is 7.99. The molecule has 1 rings (SSSR count). The summed E-state index contributed by atoms with van der Waals surface area (Å²) in [6.45, 7) is 2.74. The number of hydrogen-bond acceptors (Lipinski definition) is 2. The Morgan fingerprint density at radius 1 is 1.38 bits per heavy atom. The van der Waals surface area contributed by atoms with Crippen LogP contribution >= 0.6 is 23.4 Å². The van der Waals surface area contributed by atoms with Crippen LogP contribution in [-0.2, 0) is 11.3 Å². The first-order chi connectivity index (χ1) is 7.67. The normalized spacial score (nSPS) is 10.2. The molecule has 2 nitrogen and oxygen atoms in total. The van der Waals surface area contributed by atoms with E-state index in [1.165, 1.54) is 4.90 Å². The molecule has 0 aliphatic rings. The molecule has 88 valence electrons. The van der Waals surface area contributed by atoms with Gasteiger partial charge in [0.15, 0.2) is 0 Å². The highest BCUT2D eigenvalue weighted by atomic mass is 35.5. The van der Waals surface area contributed by atoms with Gasteiger partial charge in [0, 0.05) is 18.5 Å². The molecule has 0 N–H and O–H groups in total. The third-order valence-electron chi connectivity index (χ3n) is 2.19. The third kappa shape index (κ3) is 4.06. The second kappa shape index (κ2) is 6.81. The topological polar surface area (TPSA) is 20.3 Å². The van der Waals surface area contributed by atoms with Gasteiger partial charge in [0.05, 0.1) is 0 Å². The number of halogens is 1. The molecular formula is C12H16ClNOS. The number of hydrogen-bond donors (Lipinski definition) is 0. The number of rotatable bonds is 5. The van der Waals surface area contributed by atoms with Crippen LogP contribution in [0.25, 0.3) is 0 Å². The van der Waals surface area contributed by atoms with Crippen LogP contribution in [0.5, 0.6) is 0 Å². The van der Waals surface area contributed by atoms with Gasteiger partial charge in [-0.1, -0.05) is 19.1 Å². The van der Waals surface area contributed by atoms with E-state index < -0.39 is 0 Å². The molecule has 0 radical (unpaired) electrons. The summed E-state index contributed by atoms with van der Waals surface area (Å²) in [6, 6.07) is 8.27. The minimum atomic E-state index is -0.0475. The van der Waals surface area contributed by atoms with Crippen molar-refractivity contribution < 1.29 is 4.79 Å². The van der Waals surface area contributed by atoms with Gasteiger partial charge in [-0.25, -0.2) is 0 Å². The highest BCUT2D eigenvalue weighted by Crippen LogP contribution is 2.18. The molecule has 0 saturated carbocycles. The van der Waals surface area contributed by atoms with Crippen LogP contribution in [0.2, 0.25) is 0 Å². The van der Waals surface area contributed by atoms with Crippen molar-refractivity contribution in [1.82, 2.24) is 4.90 Å². The number of thioether (sulfide) groups is 1. The molecule has 0 spiro atoms. The first kappa shape index (κ1) is 13.4. The van der Waals surface area contributed by atoms with Crippen molar-refractivity contribution in [2.45, 2.75) is 18.4 Å². The van der Waals surface area contributed by atoms with Crippen molar-refractivity contribution in [3.63, 3.8) is 0 Å². The van der Waals surface area contributed by atoms with Gasteiger partial charge >= 0.3 is 0 Å². The molecule has 1 aromatic carbocycles. The Balaban J connectivity index is 2.58. The fourth-order valence-corrected chi connectivity index (χ4v) is 2.19. The molecule has 0 aliphatic carbocycles. The molecule has 0 atom stereocenters. The summed E-state index contributed by atoms with van der Waals surface area (Å²) in [5.74, 6) is 1.07. The van der Waals surface area contributed by atoms with Gasteiger partial charge in [0.2, 0.25) is 5.91 Å². The van der Waals surface area contributed by atoms with Gasteiger partial charge in [-0.2, -0.15) is 0 Å². The lowest BCUT2D eigenvalue weighted by molar-refractivity contribution is -0.127. The zero-order chi connectivity index (χ0) is 12.0. The average Bonchev–Trinajstić information content (AvgIpc) is 2.31. The second-order valence-electron chi connectivity index (χ2n) is 3.46. The van der Waals surface area contributed by atoms with Crippen molar-refractivity contribution in [3.05, 3.63) is 29.8 Å². The number of carbonyl (C=O) groups excluding carboxylic acids is 1. The molecular weight excluding hydrogens is 242 g/mol. The molecule has 1 amide bonds. The van der Waals surface area contributed by atoms with Crippen molar-refractivity contribution in [1.29, 1.82) is 0 Å². The van der Waals surface area contributed by atoms with E-state index in [1.54, 1.807) is 11.9 Å². The molecule has 16 heavy (non-hydrogen) atoms. The van der Waals surface area contributed by atoms with Crippen molar-refractivity contribution >= 4 is 29.3 Å². The summed E-state index contributed by atoms with van der Waals surface area (Å²) in [4.78, 5) is 14.2. The van der Waals surface area contributed by atoms with Crippen LogP contribution in [0.15, 0.2) is 29.2 Å². The first-order valence-electron chi connectivity index (χ1n) is 5.19. The quantitative estimate of drug-likeness (QED) is 0.597. The lowest BCUT2D eigenvalue weighted by Crippen LogP contribution is -2.26. The zero-order valence-electron chi connectivity index (χ0n) is 9.57. The van der Waals surface area contributed by atoms with E-state index in [4.69, 9.17) is 11.6 Å². The Bertz CT molecular complexity index is 339. The predicted octanol–water partition coefficient (Wildman–Crippen LogP) is 3.00. The second-order valence-corrected chi connectivity index (χ2v) is 5.07. The van der Waals surface area contributed by atoms with Gasteiger partial charge in [0.1, 0.15) is 5.88 Å². The maximum Gasteiger partial charge on any atom is 0.237 e. The molecule has 0 heterocycles. The zero-order valence-corrected chi connectivity index (χ0v) is 11.1. The summed E-state index contributed by atoms with van der Waals surface area (Å²) in [5, 5.41) is 0. The highest BCUT2D eigenvalue weighted by Gasteiger charge is 2.06. The predicted molar refractivity (Wildman–Crippen MR) is 70.0 cm³/mol. The molecule has 0 aliphatic heterocycles. The van der Waals surface area contributed by atoms with Gasteiger partial charge in [-0.3, -0.25) is 4.79 Å². The fourth-order valence-electron chi connectivity index (χ4n) is 1.32. The Morgan fingerprint density at radius 2 is 2.00 bits per heavy atom. The van der Waals surface area contributed by atoms with Gasteiger partial charge in [-0.15, -0.1) is 23.4 Å². The van der Waals surface area contributed by atoms with Gasteiger partial charge in [-0.05, 0) is 23.4 Å². The average molecular weight is 258 g/mol. The summed E-state index contributed by atoms with van der Waals surface area (Å²) in [6.07, 6.45) is 0. The van der Waals surface area contributed by atoms with Crippen molar-refractivity contribution in [2.75, 3.05) is 18.7 Å². The number of amides is 1. The monoisotopic (exact) mass is 257 g/mol. The van der Waals surface area contributed by atoms with Crippen LogP contribution in [-0.4, -0.2) is 29.5 Å². The van der Waals surface area contributed by atoms with E-state index >= 15 is 0 Å². The fraction of sp³-hybridized carbons (Fsp3) is 0.417. The van der Waals surface area contributed by atoms with Crippen LogP contribution in [0.3, 0.4) is 0 Å². The van der Waals surface area contributed by atoms with Crippen LogP contribution in [0.4, 0.5) is 0 Å². The Labute approximate surface area is 106 Å². The molecule has 0 aromatic heterocycles. The number of nitrogens with zero attached hydrogens (tertiary/aromatic N) is 1. The van der Waals surface area contributed by atoms with E-state index in [9.17, 15) is 4.79 Å². The van der Waals surface area contributed by atoms with E-state index in [2.05, 4.69) is 31.2 Å². The largest absolute Gasteiger partial charge is 0.340 e. The van der Waals surface area contributed by atoms with Gasteiger partial charge < -0.3 is 4.90 Å². The number of alkyl halides is 1. The van der Waals surface area contributed by atoms with Crippen LogP contribution < -0.4 is 0 Å². The smallest absolute Gasteiger partial charge is 0.237 e. The van der Waals surface area contributed by atoms with E-state index in [1.807, 2.05) is 11.8 Å². The standard InChI is InChI=1S/C12H16ClNOS/c1-3-16-11-6-4-10(5-7-11)9-14(2)12(15)8-13/h4-7H,3,8-9H2,1-2H3. The van der Waals surface area contributed by atoms with Crippen molar-refractivity contribution in [3.8, 4) is 0 Å². The van der Waals surface area contributed by atoms with Gasteiger partial charge in [0.25, 0.3) is 0 Å². The maximum atomic E-state index is 11.3. The summed E-state index contributed by atoms with van der Waals surface area (Å²) < 4.78 is 0. The molecule has 0 bridgehead atoms. The minimum Gasteiger partial charge on any atom is -0.340 e.